The fourth-order valence-corrected chi connectivity index (χ4v) is 2.88. The minimum absolute atomic E-state index is 0. The summed E-state index contributed by atoms with van der Waals surface area (Å²) in [6.07, 6.45) is 9.82. The van der Waals surface area contributed by atoms with E-state index in [-0.39, 0.29) is 30.3 Å². The third-order valence-corrected chi connectivity index (χ3v) is 4.28. The highest BCUT2D eigenvalue weighted by Gasteiger charge is 2.29. The molecule has 2 fully saturated rings. The second-order valence-electron chi connectivity index (χ2n) is 5.38. The van der Waals surface area contributed by atoms with Gasteiger partial charge in [0.05, 0.1) is 0 Å². The number of halogens is 1. The molecule has 4 heteroatoms. The Bertz CT molecular complexity index is 238. The SMILES string of the molecule is Cl.NCC(NC(=O)C1CCC1)C1CCCCC1. The molecular formula is C13H25ClN2O. The minimum Gasteiger partial charge on any atom is -0.352 e. The molecule has 2 saturated carbocycles. The maximum atomic E-state index is 11.9. The van der Waals surface area contributed by atoms with Crippen LogP contribution in [0.15, 0.2) is 0 Å². The Morgan fingerprint density at radius 3 is 2.24 bits per heavy atom. The van der Waals surface area contributed by atoms with Gasteiger partial charge in [-0.15, -0.1) is 12.4 Å². The van der Waals surface area contributed by atoms with Gasteiger partial charge < -0.3 is 11.1 Å². The molecule has 1 unspecified atom stereocenters. The van der Waals surface area contributed by atoms with Gasteiger partial charge in [-0.2, -0.15) is 0 Å². The lowest BCUT2D eigenvalue weighted by Crippen LogP contribution is -2.48. The maximum absolute atomic E-state index is 11.9. The van der Waals surface area contributed by atoms with E-state index in [9.17, 15) is 4.79 Å². The molecular weight excluding hydrogens is 236 g/mol. The Labute approximate surface area is 110 Å². The van der Waals surface area contributed by atoms with E-state index in [1.54, 1.807) is 0 Å². The number of carbonyl (C=O) groups excluding carboxylic acids is 1. The van der Waals surface area contributed by atoms with Gasteiger partial charge in [0, 0.05) is 18.5 Å². The first-order chi connectivity index (χ1) is 7.81. The first-order valence-corrected chi connectivity index (χ1v) is 6.81. The summed E-state index contributed by atoms with van der Waals surface area (Å²) in [6.45, 7) is 0.600. The number of carbonyl (C=O) groups is 1. The number of rotatable bonds is 4. The summed E-state index contributed by atoms with van der Waals surface area (Å²) in [5.41, 5.74) is 5.80. The fraction of sp³-hybridized carbons (Fsp3) is 0.923. The van der Waals surface area contributed by atoms with E-state index in [1.807, 2.05) is 0 Å². The van der Waals surface area contributed by atoms with E-state index in [0.29, 0.717) is 12.5 Å². The van der Waals surface area contributed by atoms with E-state index < -0.39 is 0 Å². The van der Waals surface area contributed by atoms with E-state index in [1.165, 1.54) is 38.5 Å². The largest absolute Gasteiger partial charge is 0.352 e. The third-order valence-electron chi connectivity index (χ3n) is 4.28. The number of hydrogen-bond acceptors (Lipinski definition) is 2. The van der Waals surface area contributed by atoms with Crippen molar-refractivity contribution in [3.8, 4) is 0 Å². The molecule has 0 spiro atoms. The van der Waals surface area contributed by atoms with Gasteiger partial charge >= 0.3 is 0 Å². The summed E-state index contributed by atoms with van der Waals surface area (Å²) in [6, 6.07) is 0.230. The Morgan fingerprint density at radius 2 is 1.76 bits per heavy atom. The maximum Gasteiger partial charge on any atom is 0.223 e. The van der Waals surface area contributed by atoms with Crippen LogP contribution in [0.5, 0.6) is 0 Å². The summed E-state index contributed by atoms with van der Waals surface area (Å²) >= 11 is 0. The molecule has 100 valence electrons. The molecule has 3 nitrogen and oxygen atoms in total. The molecule has 0 aromatic carbocycles. The Kier molecular flexibility index (Phi) is 6.28. The minimum atomic E-state index is 0. The first-order valence-electron chi connectivity index (χ1n) is 6.81. The van der Waals surface area contributed by atoms with Crippen LogP contribution in [0.2, 0.25) is 0 Å². The van der Waals surface area contributed by atoms with Crippen molar-refractivity contribution in [2.24, 2.45) is 17.6 Å². The highest BCUT2D eigenvalue weighted by molar-refractivity contribution is 5.85. The van der Waals surface area contributed by atoms with E-state index >= 15 is 0 Å². The second kappa shape index (κ2) is 7.22. The standard InChI is InChI=1S/C13H24N2O.ClH/c14-9-12(10-5-2-1-3-6-10)15-13(16)11-7-4-8-11;/h10-12H,1-9,14H2,(H,15,16);1H. The van der Waals surface area contributed by atoms with Gasteiger partial charge in [-0.25, -0.2) is 0 Å². The molecule has 0 saturated heterocycles. The van der Waals surface area contributed by atoms with Gasteiger partial charge in [0.1, 0.15) is 0 Å². The number of hydrogen-bond donors (Lipinski definition) is 2. The second-order valence-corrected chi connectivity index (χ2v) is 5.38. The molecule has 2 aliphatic rings. The number of nitrogens with two attached hydrogens (primary N) is 1. The van der Waals surface area contributed by atoms with Gasteiger partial charge in [0.25, 0.3) is 0 Å². The van der Waals surface area contributed by atoms with Crippen LogP contribution in [0.4, 0.5) is 0 Å². The average molecular weight is 261 g/mol. The van der Waals surface area contributed by atoms with Crippen LogP contribution in [0.3, 0.4) is 0 Å². The molecule has 0 aliphatic heterocycles. The highest BCUT2D eigenvalue weighted by Crippen LogP contribution is 2.29. The average Bonchev–Trinajstić information content (AvgIpc) is 2.24. The third kappa shape index (κ3) is 3.85. The molecule has 17 heavy (non-hydrogen) atoms. The van der Waals surface area contributed by atoms with Crippen molar-refractivity contribution in [3.05, 3.63) is 0 Å². The molecule has 1 amide bonds. The summed E-state index contributed by atoms with van der Waals surface area (Å²) in [7, 11) is 0. The monoisotopic (exact) mass is 260 g/mol. The summed E-state index contributed by atoms with van der Waals surface area (Å²) in [5, 5.41) is 3.17. The molecule has 1 atom stereocenters. The normalized spacial score (nSPS) is 23.4. The number of nitrogens with one attached hydrogen (secondary N) is 1. The molecule has 0 aromatic heterocycles. The molecule has 0 aromatic rings. The Morgan fingerprint density at radius 1 is 1.12 bits per heavy atom. The molecule has 0 heterocycles. The molecule has 0 bridgehead atoms. The summed E-state index contributed by atoms with van der Waals surface area (Å²) in [5.74, 6) is 1.17. The fourth-order valence-electron chi connectivity index (χ4n) is 2.88. The van der Waals surface area contributed by atoms with Gasteiger partial charge in [-0.05, 0) is 31.6 Å². The topological polar surface area (TPSA) is 55.1 Å². The molecule has 2 aliphatic carbocycles. The van der Waals surface area contributed by atoms with Crippen LogP contribution in [0.1, 0.15) is 51.4 Å². The van der Waals surface area contributed by atoms with Gasteiger partial charge in [-0.3, -0.25) is 4.79 Å². The Balaban J connectivity index is 0.00000144. The zero-order valence-corrected chi connectivity index (χ0v) is 11.3. The van der Waals surface area contributed by atoms with Crippen molar-refractivity contribution in [2.75, 3.05) is 6.54 Å². The van der Waals surface area contributed by atoms with Crippen LogP contribution in [-0.2, 0) is 4.79 Å². The first kappa shape index (κ1) is 14.8. The molecule has 0 radical (unpaired) electrons. The van der Waals surface area contributed by atoms with E-state index in [2.05, 4.69) is 5.32 Å². The van der Waals surface area contributed by atoms with Crippen molar-refractivity contribution in [1.82, 2.24) is 5.32 Å². The Hall–Kier alpha value is -0.280. The van der Waals surface area contributed by atoms with Crippen LogP contribution in [0.25, 0.3) is 0 Å². The van der Waals surface area contributed by atoms with Gasteiger partial charge in [0.15, 0.2) is 0 Å². The van der Waals surface area contributed by atoms with Crippen LogP contribution < -0.4 is 11.1 Å². The zero-order valence-electron chi connectivity index (χ0n) is 10.5. The quantitative estimate of drug-likeness (QED) is 0.815. The molecule has 2 rings (SSSR count). The van der Waals surface area contributed by atoms with Crippen LogP contribution in [0, 0.1) is 11.8 Å². The van der Waals surface area contributed by atoms with Crippen LogP contribution >= 0.6 is 12.4 Å². The lowest BCUT2D eigenvalue weighted by Gasteiger charge is -2.33. The van der Waals surface area contributed by atoms with E-state index in [0.717, 1.165) is 12.8 Å². The highest BCUT2D eigenvalue weighted by atomic mass is 35.5. The van der Waals surface area contributed by atoms with Crippen molar-refractivity contribution >= 4 is 18.3 Å². The zero-order chi connectivity index (χ0) is 11.4. The van der Waals surface area contributed by atoms with Gasteiger partial charge in [-0.1, -0.05) is 25.7 Å². The smallest absolute Gasteiger partial charge is 0.223 e. The van der Waals surface area contributed by atoms with Crippen LogP contribution in [-0.4, -0.2) is 18.5 Å². The predicted molar refractivity (Wildman–Crippen MR) is 72.1 cm³/mol. The summed E-state index contributed by atoms with van der Waals surface area (Å²) in [4.78, 5) is 11.9. The van der Waals surface area contributed by atoms with E-state index in [4.69, 9.17) is 5.73 Å². The number of amides is 1. The van der Waals surface area contributed by atoms with Crippen molar-refractivity contribution in [2.45, 2.75) is 57.4 Å². The van der Waals surface area contributed by atoms with Crippen molar-refractivity contribution in [3.63, 3.8) is 0 Å². The predicted octanol–water partition coefficient (Wildman–Crippen LogP) is 2.23. The van der Waals surface area contributed by atoms with Crippen molar-refractivity contribution < 1.29 is 4.79 Å². The lowest BCUT2D eigenvalue weighted by atomic mass is 9.82. The summed E-state index contributed by atoms with van der Waals surface area (Å²) < 4.78 is 0. The van der Waals surface area contributed by atoms with Gasteiger partial charge in [0.2, 0.25) is 5.91 Å². The lowest BCUT2D eigenvalue weighted by molar-refractivity contribution is -0.128. The molecule has 3 N–H and O–H groups in total. The van der Waals surface area contributed by atoms with Crippen molar-refractivity contribution in [1.29, 1.82) is 0 Å².